The second kappa shape index (κ2) is 6.45. The van der Waals surface area contributed by atoms with Gasteiger partial charge in [0, 0.05) is 31.0 Å². The van der Waals surface area contributed by atoms with Gasteiger partial charge in [-0.3, -0.25) is 9.88 Å². The lowest BCUT2D eigenvalue weighted by Gasteiger charge is -2.48. The molecule has 0 atom stereocenters. The largest absolute Gasteiger partial charge is 0.329 e. The Labute approximate surface area is 129 Å². The molecule has 0 unspecified atom stereocenters. The van der Waals surface area contributed by atoms with Crippen LogP contribution in [-0.2, 0) is 6.54 Å². The van der Waals surface area contributed by atoms with Crippen molar-refractivity contribution >= 4 is 0 Å². The minimum atomic E-state index is 0.172. The summed E-state index contributed by atoms with van der Waals surface area (Å²) in [5, 5.41) is 0. The first-order chi connectivity index (χ1) is 9.87. The van der Waals surface area contributed by atoms with Crippen molar-refractivity contribution in [3.8, 4) is 0 Å². The average molecular weight is 289 g/mol. The van der Waals surface area contributed by atoms with Crippen LogP contribution in [0.3, 0.4) is 0 Å². The van der Waals surface area contributed by atoms with Gasteiger partial charge in [0.05, 0.1) is 0 Å². The third kappa shape index (κ3) is 3.83. The molecule has 0 radical (unpaired) electrons. The highest BCUT2D eigenvalue weighted by atomic mass is 15.2. The van der Waals surface area contributed by atoms with E-state index in [4.69, 9.17) is 5.73 Å². The van der Waals surface area contributed by atoms with Crippen molar-refractivity contribution in [3.05, 3.63) is 30.1 Å². The third-order valence-corrected chi connectivity index (χ3v) is 5.50. The molecular formula is C18H31N3. The Morgan fingerprint density at radius 3 is 2.29 bits per heavy atom. The maximum atomic E-state index is 6.19. The van der Waals surface area contributed by atoms with Gasteiger partial charge in [-0.2, -0.15) is 0 Å². The second-order valence-corrected chi connectivity index (χ2v) is 7.78. The Bertz CT molecular complexity index is 428. The number of hydrogen-bond acceptors (Lipinski definition) is 3. The zero-order valence-corrected chi connectivity index (χ0v) is 14.1. The second-order valence-electron chi connectivity index (χ2n) is 7.78. The molecule has 1 aromatic rings. The number of rotatable bonds is 4. The molecule has 2 rings (SSSR count). The fraction of sp³-hybridized carbons (Fsp3) is 0.722. The third-order valence-electron chi connectivity index (χ3n) is 5.50. The number of aromatic nitrogens is 1. The molecule has 3 nitrogen and oxygen atoms in total. The number of hydrogen-bond donors (Lipinski definition) is 1. The van der Waals surface area contributed by atoms with Gasteiger partial charge in [0.25, 0.3) is 0 Å². The molecule has 118 valence electrons. The fourth-order valence-electron chi connectivity index (χ4n) is 3.69. The van der Waals surface area contributed by atoms with Gasteiger partial charge in [0.2, 0.25) is 0 Å². The molecule has 1 fully saturated rings. The first kappa shape index (κ1) is 16.4. The fourth-order valence-corrected chi connectivity index (χ4v) is 3.69. The van der Waals surface area contributed by atoms with E-state index in [1.807, 2.05) is 12.4 Å². The van der Waals surface area contributed by atoms with Crippen molar-refractivity contribution in [2.45, 2.75) is 58.5 Å². The molecule has 1 aliphatic carbocycles. The monoisotopic (exact) mass is 289 g/mol. The molecule has 0 bridgehead atoms. The van der Waals surface area contributed by atoms with Gasteiger partial charge >= 0.3 is 0 Å². The number of nitrogens with zero attached hydrogens (tertiary/aromatic N) is 2. The first-order valence-corrected chi connectivity index (χ1v) is 8.18. The standard InChI is InChI=1S/C18H31N3/c1-17(2,3)16-5-9-18(14-19,10-6-16)21(4)13-15-7-11-20-12-8-15/h7-8,11-12,16H,5-6,9-10,13-14,19H2,1-4H3. The minimum Gasteiger partial charge on any atom is -0.329 e. The summed E-state index contributed by atoms with van der Waals surface area (Å²) in [4.78, 5) is 6.57. The van der Waals surface area contributed by atoms with Crippen LogP contribution in [0.1, 0.15) is 52.0 Å². The molecule has 1 saturated carbocycles. The molecule has 21 heavy (non-hydrogen) atoms. The Kier molecular flexibility index (Phi) is 5.05. The molecule has 1 heterocycles. The number of pyridine rings is 1. The van der Waals surface area contributed by atoms with E-state index in [-0.39, 0.29) is 5.54 Å². The summed E-state index contributed by atoms with van der Waals surface area (Å²) >= 11 is 0. The van der Waals surface area contributed by atoms with E-state index in [1.54, 1.807) is 0 Å². The Morgan fingerprint density at radius 1 is 1.24 bits per heavy atom. The quantitative estimate of drug-likeness (QED) is 0.923. The van der Waals surface area contributed by atoms with Gasteiger partial charge < -0.3 is 5.73 Å². The molecule has 0 saturated heterocycles. The maximum absolute atomic E-state index is 6.19. The summed E-state index contributed by atoms with van der Waals surface area (Å²) in [5.74, 6) is 0.825. The van der Waals surface area contributed by atoms with Crippen molar-refractivity contribution in [1.29, 1.82) is 0 Å². The predicted molar refractivity (Wildman–Crippen MR) is 88.9 cm³/mol. The van der Waals surface area contributed by atoms with Crippen LogP contribution in [0.4, 0.5) is 0 Å². The molecular weight excluding hydrogens is 258 g/mol. The molecule has 0 spiro atoms. The molecule has 0 aliphatic heterocycles. The van der Waals surface area contributed by atoms with Gasteiger partial charge in [-0.1, -0.05) is 20.8 Å². The van der Waals surface area contributed by atoms with Crippen LogP contribution in [0, 0.1) is 11.3 Å². The summed E-state index contributed by atoms with van der Waals surface area (Å²) in [7, 11) is 2.23. The first-order valence-electron chi connectivity index (χ1n) is 8.18. The van der Waals surface area contributed by atoms with Crippen LogP contribution in [0.25, 0.3) is 0 Å². The molecule has 3 heteroatoms. The van der Waals surface area contributed by atoms with E-state index in [2.05, 4.69) is 49.8 Å². The summed E-state index contributed by atoms with van der Waals surface area (Å²) in [5.41, 5.74) is 8.10. The van der Waals surface area contributed by atoms with Crippen molar-refractivity contribution in [2.24, 2.45) is 17.1 Å². The van der Waals surface area contributed by atoms with E-state index >= 15 is 0 Å². The van der Waals surface area contributed by atoms with E-state index < -0.39 is 0 Å². The van der Waals surface area contributed by atoms with E-state index in [1.165, 1.54) is 31.2 Å². The molecule has 2 N–H and O–H groups in total. The Morgan fingerprint density at radius 2 is 1.81 bits per heavy atom. The number of nitrogens with two attached hydrogens (primary N) is 1. The zero-order valence-electron chi connectivity index (χ0n) is 14.1. The average Bonchev–Trinajstić information content (AvgIpc) is 2.47. The summed E-state index contributed by atoms with van der Waals surface area (Å²) in [6.07, 6.45) is 8.76. The Hall–Kier alpha value is -0.930. The molecule has 0 aromatic carbocycles. The van der Waals surface area contributed by atoms with Crippen molar-refractivity contribution < 1.29 is 0 Å². The van der Waals surface area contributed by atoms with Gasteiger partial charge in [-0.25, -0.2) is 0 Å². The minimum absolute atomic E-state index is 0.172. The zero-order chi connectivity index (χ0) is 15.5. The highest BCUT2D eigenvalue weighted by Gasteiger charge is 2.40. The van der Waals surface area contributed by atoms with Crippen molar-refractivity contribution in [3.63, 3.8) is 0 Å². The SMILES string of the molecule is CN(Cc1ccncc1)C1(CN)CCC(C(C)(C)C)CC1. The highest BCUT2D eigenvalue weighted by Crippen LogP contribution is 2.43. The van der Waals surface area contributed by atoms with Crippen LogP contribution < -0.4 is 5.73 Å². The summed E-state index contributed by atoms with van der Waals surface area (Å²) in [6, 6.07) is 4.20. The van der Waals surface area contributed by atoms with Crippen molar-refractivity contribution in [2.75, 3.05) is 13.6 Å². The lowest BCUT2D eigenvalue weighted by atomic mass is 9.67. The van der Waals surface area contributed by atoms with E-state index in [0.29, 0.717) is 5.41 Å². The Balaban J connectivity index is 2.02. The van der Waals surface area contributed by atoms with Gasteiger partial charge in [-0.05, 0) is 61.8 Å². The summed E-state index contributed by atoms with van der Waals surface area (Å²) in [6.45, 7) is 8.82. The maximum Gasteiger partial charge on any atom is 0.0332 e. The molecule has 1 aromatic heterocycles. The molecule has 0 amide bonds. The van der Waals surface area contributed by atoms with Gasteiger partial charge in [0.1, 0.15) is 0 Å². The van der Waals surface area contributed by atoms with Crippen LogP contribution in [0.2, 0.25) is 0 Å². The smallest absolute Gasteiger partial charge is 0.0332 e. The molecule has 1 aliphatic rings. The van der Waals surface area contributed by atoms with Crippen LogP contribution in [0.15, 0.2) is 24.5 Å². The van der Waals surface area contributed by atoms with Gasteiger partial charge in [0.15, 0.2) is 0 Å². The lowest BCUT2D eigenvalue weighted by Crippen LogP contribution is -2.54. The topological polar surface area (TPSA) is 42.2 Å². The highest BCUT2D eigenvalue weighted by molar-refractivity contribution is 5.10. The normalized spacial score (nSPS) is 27.0. The number of likely N-dealkylation sites (N-methyl/N-ethyl adjacent to an activating group) is 1. The van der Waals surface area contributed by atoms with Crippen molar-refractivity contribution in [1.82, 2.24) is 9.88 Å². The summed E-state index contributed by atoms with van der Waals surface area (Å²) < 4.78 is 0. The van der Waals surface area contributed by atoms with Crippen LogP contribution >= 0.6 is 0 Å². The van der Waals surface area contributed by atoms with Crippen LogP contribution in [-0.4, -0.2) is 29.0 Å². The predicted octanol–water partition coefficient (Wildman–Crippen LogP) is 3.45. The van der Waals surface area contributed by atoms with Gasteiger partial charge in [-0.15, -0.1) is 0 Å². The lowest BCUT2D eigenvalue weighted by molar-refractivity contribution is 0.0334. The van der Waals surface area contributed by atoms with E-state index in [0.717, 1.165) is 19.0 Å². The van der Waals surface area contributed by atoms with Crippen LogP contribution in [0.5, 0.6) is 0 Å². The van der Waals surface area contributed by atoms with E-state index in [9.17, 15) is 0 Å².